The van der Waals surface area contributed by atoms with Crippen LogP contribution in [0.5, 0.6) is 0 Å². The highest BCUT2D eigenvalue weighted by molar-refractivity contribution is 7.60. The van der Waals surface area contributed by atoms with E-state index in [4.69, 9.17) is 9.79 Å². The molecule has 2 heterocycles. The molecule has 0 bridgehead atoms. The summed E-state index contributed by atoms with van der Waals surface area (Å²) >= 11 is 0. The van der Waals surface area contributed by atoms with Gasteiger partial charge in [-0.05, 0) is 24.0 Å². The Balaban J connectivity index is 2.22. The van der Waals surface area contributed by atoms with Gasteiger partial charge in [0, 0.05) is 24.7 Å². The molecule has 18 heavy (non-hydrogen) atoms. The van der Waals surface area contributed by atoms with Crippen molar-refractivity contribution in [3.8, 4) is 0 Å². The Kier molecular flexibility index (Phi) is 3.87. The minimum atomic E-state index is -4.24. The van der Waals surface area contributed by atoms with E-state index in [0.717, 1.165) is 30.6 Å². The standard InChI is InChI=1S/C12H19N2O3P/c1-8(2)5-10-6-11-9(7-13-10)3-4-12(14-11)18(15,16)17/h3-4,8,10,13H,5-7H2,1-2H3,(H2,15,16,17). The average molecular weight is 270 g/mol. The maximum atomic E-state index is 11.2. The first kappa shape index (κ1) is 13.7. The van der Waals surface area contributed by atoms with Gasteiger partial charge in [-0.25, -0.2) is 4.98 Å². The Morgan fingerprint density at radius 1 is 1.50 bits per heavy atom. The lowest BCUT2D eigenvalue weighted by molar-refractivity contribution is 0.383. The normalized spacial score (nSPS) is 19.9. The largest absolute Gasteiger partial charge is 0.374 e. The highest BCUT2D eigenvalue weighted by Gasteiger charge is 2.24. The minimum absolute atomic E-state index is 0.119. The van der Waals surface area contributed by atoms with Crippen molar-refractivity contribution in [3.63, 3.8) is 0 Å². The number of pyridine rings is 1. The van der Waals surface area contributed by atoms with Crippen LogP contribution in [-0.2, 0) is 17.5 Å². The van der Waals surface area contributed by atoms with E-state index in [1.807, 2.05) is 0 Å². The van der Waals surface area contributed by atoms with E-state index in [0.29, 0.717) is 12.0 Å². The number of nitrogens with one attached hydrogen (secondary N) is 1. The molecule has 6 heteroatoms. The lowest BCUT2D eigenvalue weighted by Gasteiger charge is -2.27. The van der Waals surface area contributed by atoms with E-state index < -0.39 is 7.60 Å². The summed E-state index contributed by atoms with van der Waals surface area (Å²) in [7, 11) is -4.24. The van der Waals surface area contributed by atoms with Crippen LogP contribution in [0.3, 0.4) is 0 Å². The fourth-order valence-corrected chi connectivity index (χ4v) is 2.83. The van der Waals surface area contributed by atoms with Gasteiger partial charge >= 0.3 is 7.60 Å². The van der Waals surface area contributed by atoms with Gasteiger partial charge in [0.25, 0.3) is 0 Å². The fourth-order valence-electron chi connectivity index (χ4n) is 2.31. The van der Waals surface area contributed by atoms with Gasteiger partial charge in [0.1, 0.15) is 0 Å². The second-order valence-electron chi connectivity index (χ2n) is 5.23. The fraction of sp³-hybridized carbons (Fsp3) is 0.583. The molecule has 0 saturated carbocycles. The molecule has 3 N–H and O–H groups in total. The van der Waals surface area contributed by atoms with Crippen LogP contribution in [0.1, 0.15) is 31.5 Å². The first-order valence-corrected chi connectivity index (χ1v) is 7.76. The minimum Gasteiger partial charge on any atom is -0.320 e. The molecule has 1 unspecified atom stereocenters. The summed E-state index contributed by atoms with van der Waals surface area (Å²) in [5, 5.41) is 3.43. The summed E-state index contributed by atoms with van der Waals surface area (Å²) in [6, 6.07) is 3.52. The molecule has 0 amide bonds. The summed E-state index contributed by atoms with van der Waals surface area (Å²) in [6.07, 6.45) is 1.78. The summed E-state index contributed by atoms with van der Waals surface area (Å²) in [4.78, 5) is 22.4. The van der Waals surface area contributed by atoms with Gasteiger partial charge in [0.2, 0.25) is 0 Å². The molecular formula is C12H19N2O3P. The molecular weight excluding hydrogens is 251 g/mol. The van der Waals surface area contributed by atoms with Crippen LogP contribution in [0.25, 0.3) is 0 Å². The third kappa shape index (κ3) is 3.18. The van der Waals surface area contributed by atoms with Gasteiger partial charge in [-0.2, -0.15) is 0 Å². The Hall–Kier alpha value is -0.740. The molecule has 1 aromatic heterocycles. The van der Waals surface area contributed by atoms with Crippen molar-refractivity contribution in [2.75, 3.05) is 0 Å². The molecule has 0 saturated heterocycles. The SMILES string of the molecule is CC(C)CC1Cc2nc(P(=O)(O)O)ccc2CN1. The van der Waals surface area contributed by atoms with E-state index in [1.165, 1.54) is 6.07 Å². The Bertz CT molecular complexity index is 484. The molecule has 0 aliphatic carbocycles. The molecule has 1 aliphatic heterocycles. The van der Waals surface area contributed by atoms with Crippen LogP contribution < -0.4 is 10.8 Å². The molecule has 2 rings (SSSR count). The smallest absolute Gasteiger partial charge is 0.320 e. The second-order valence-corrected chi connectivity index (χ2v) is 6.78. The van der Waals surface area contributed by atoms with Crippen LogP contribution in [0, 0.1) is 5.92 Å². The Morgan fingerprint density at radius 2 is 2.22 bits per heavy atom. The molecule has 100 valence electrons. The highest BCUT2D eigenvalue weighted by atomic mass is 31.2. The van der Waals surface area contributed by atoms with Crippen molar-refractivity contribution in [2.24, 2.45) is 5.92 Å². The zero-order valence-corrected chi connectivity index (χ0v) is 11.5. The van der Waals surface area contributed by atoms with Crippen LogP contribution in [0.2, 0.25) is 0 Å². The zero-order valence-electron chi connectivity index (χ0n) is 10.6. The maximum absolute atomic E-state index is 11.2. The molecule has 0 fully saturated rings. The quantitative estimate of drug-likeness (QED) is 0.712. The van der Waals surface area contributed by atoms with Crippen LogP contribution in [-0.4, -0.2) is 20.8 Å². The van der Waals surface area contributed by atoms with Crippen molar-refractivity contribution in [1.82, 2.24) is 10.3 Å². The van der Waals surface area contributed by atoms with Crippen molar-refractivity contribution in [1.29, 1.82) is 0 Å². The van der Waals surface area contributed by atoms with E-state index in [1.54, 1.807) is 6.07 Å². The number of hydrogen-bond donors (Lipinski definition) is 3. The maximum Gasteiger partial charge on any atom is 0.374 e. The lowest BCUT2D eigenvalue weighted by Crippen LogP contribution is -2.37. The van der Waals surface area contributed by atoms with Crippen LogP contribution in [0.4, 0.5) is 0 Å². The van der Waals surface area contributed by atoms with Crippen molar-refractivity contribution >= 4 is 13.0 Å². The average Bonchev–Trinajstić information content (AvgIpc) is 2.26. The van der Waals surface area contributed by atoms with Crippen LogP contribution in [0.15, 0.2) is 12.1 Å². The van der Waals surface area contributed by atoms with Crippen molar-refractivity contribution in [2.45, 2.75) is 39.3 Å². The molecule has 1 aliphatic rings. The molecule has 5 nitrogen and oxygen atoms in total. The number of hydrogen-bond acceptors (Lipinski definition) is 3. The summed E-state index contributed by atoms with van der Waals surface area (Å²) in [5.74, 6) is 0.592. The number of fused-ring (bicyclic) bond motifs is 1. The summed E-state index contributed by atoms with van der Waals surface area (Å²) < 4.78 is 11.2. The lowest BCUT2D eigenvalue weighted by atomic mass is 9.94. The Labute approximate surface area is 107 Å². The zero-order chi connectivity index (χ0) is 13.3. The summed E-state index contributed by atoms with van der Waals surface area (Å²) in [6.45, 7) is 5.05. The number of aromatic nitrogens is 1. The van der Waals surface area contributed by atoms with Crippen molar-refractivity contribution in [3.05, 3.63) is 23.4 Å². The first-order chi connectivity index (χ1) is 8.36. The molecule has 1 atom stereocenters. The third-order valence-electron chi connectivity index (χ3n) is 3.13. The van der Waals surface area contributed by atoms with Crippen LogP contribution >= 0.6 is 7.60 Å². The second kappa shape index (κ2) is 5.10. The monoisotopic (exact) mass is 270 g/mol. The van der Waals surface area contributed by atoms with Gasteiger partial charge in [0.15, 0.2) is 5.44 Å². The highest BCUT2D eigenvalue weighted by Crippen LogP contribution is 2.32. The predicted octanol–water partition coefficient (Wildman–Crippen LogP) is 0.945. The van der Waals surface area contributed by atoms with Gasteiger partial charge < -0.3 is 15.1 Å². The number of nitrogens with zero attached hydrogens (tertiary/aromatic N) is 1. The van der Waals surface area contributed by atoms with Gasteiger partial charge in [-0.3, -0.25) is 4.57 Å². The third-order valence-corrected chi connectivity index (χ3v) is 3.98. The topological polar surface area (TPSA) is 82.5 Å². The van der Waals surface area contributed by atoms with E-state index in [9.17, 15) is 4.57 Å². The molecule has 0 aromatic carbocycles. The Morgan fingerprint density at radius 3 is 2.83 bits per heavy atom. The van der Waals surface area contributed by atoms with E-state index >= 15 is 0 Å². The molecule has 1 aromatic rings. The van der Waals surface area contributed by atoms with Gasteiger partial charge in [0.05, 0.1) is 0 Å². The van der Waals surface area contributed by atoms with E-state index in [-0.39, 0.29) is 5.44 Å². The van der Waals surface area contributed by atoms with Gasteiger partial charge in [-0.1, -0.05) is 19.9 Å². The number of rotatable bonds is 3. The first-order valence-electron chi connectivity index (χ1n) is 6.14. The summed E-state index contributed by atoms with van der Waals surface area (Å²) in [5.41, 5.74) is 1.74. The molecule has 0 spiro atoms. The molecule has 0 radical (unpaired) electrons. The van der Waals surface area contributed by atoms with E-state index in [2.05, 4.69) is 24.1 Å². The van der Waals surface area contributed by atoms with Crippen molar-refractivity contribution < 1.29 is 14.4 Å². The predicted molar refractivity (Wildman–Crippen MR) is 69.7 cm³/mol. The van der Waals surface area contributed by atoms with Gasteiger partial charge in [-0.15, -0.1) is 0 Å².